The van der Waals surface area contributed by atoms with Crippen LogP contribution in [0, 0.1) is 5.92 Å². The third-order valence-electron chi connectivity index (χ3n) is 3.45. The number of halogens is 1. The molecular formula is C17H17ClN4O2. The Bertz CT molecular complexity index is 840. The molecule has 1 N–H and O–H groups in total. The van der Waals surface area contributed by atoms with Crippen molar-refractivity contribution in [2.75, 3.05) is 5.32 Å². The molecule has 3 aromatic rings. The Morgan fingerprint density at radius 2 is 2.08 bits per heavy atom. The highest BCUT2D eigenvalue weighted by Gasteiger charge is 2.20. The average Bonchev–Trinajstić information content (AvgIpc) is 3.22. The molecule has 0 unspecified atom stereocenters. The lowest BCUT2D eigenvalue weighted by atomic mass is 10.2. The van der Waals surface area contributed by atoms with Crippen LogP contribution in [-0.2, 0) is 6.54 Å². The minimum atomic E-state index is -0.211. The second-order valence-corrected chi connectivity index (χ2v) is 5.99. The highest BCUT2D eigenvalue weighted by molar-refractivity contribution is 6.31. The number of hydrogen-bond acceptors (Lipinski definition) is 5. The normalized spacial score (nSPS) is 11.0. The van der Waals surface area contributed by atoms with E-state index < -0.39 is 0 Å². The fourth-order valence-corrected chi connectivity index (χ4v) is 2.35. The van der Waals surface area contributed by atoms with E-state index in [9.17, 15) is 4.79 Å². The summed E-state index contributed by atoms with van der Waals surface area (Å²) in [7, 11) is 0. The zero-order valence-corrected chi connectivity index (χ0v) is 14.1. The Morgan fingerprint density at radius 1 is 1.29 bits per heavy atom. The van der Waals surface area contributed by atoms with Gasteiger partial charge in [-0.15, -0.1) is 5.10 Å². The van der Waals surface area contributed by atoms with E-state index in [4.69, 9.17) is 16.0 Å². The molecule has 2 heterocycles. The molecule has 124 valence electrons. The van der Waals surface area contributed by atoms with Crippen LogP contribution >= 0.6 is 11.6 Å². The van der Waals surface area contributed by atoms with Gasteiger partial charge in [0, 0.05) is 17.5 Å². The standard InChI is InChI=1S/C17H17ClN4O2/c1-11(2)16(23)22-17(19-10-12-6-3-4-7-13(12)18)20-15(21-22)14-8-5-9-24-14/h3-9,11H,10H2,1-2H3,(H,19,20,21). The number of hydrogen-bond donors (Lipinski definition) is 1. The van der Waals surface area contributed by atoms with Gasteiger partial charge in [-0.3, -0.25) is 4.79 Å². The molecule has 0 spiro atoms. The van der Waals surface area contributed by atoms with E-state index in [2.05, 4.69) is 15.4 Å². The number of carbonyl (C=O) groups is 1. The van der Waals surface area contributed by atoms with Gasteiger partial charge in [0.1, 0.15) is 0 Å². The van der Waals surface area contributed by atoms with Gasteiger partial charge in [0.25, 0.3) is 5.91 Å². The second kappa shape index (κ2) is 6.88. The van der Waals surface area contributed by atoms with Crippen molar-refractivity contribution < 1.29 is 9.21 Å². The van der Waals surface area contributed by atoms with Crippen molar-refractivity contribution in [1.29, 1.82) is 0 Å². The van der Waals surface area contributed by atoms with Crippen LogP contribution in [0.3, 0.4) is 0 Å². The number of furan rings is 1. The van der Waals surface area contributed by atoms with Gasteiger partial charge in [-0.05, 0) is 23.8 Å². The monoisotopic (exact) mass is 344 g/mol. The predicted molar refractivity (Wildman–Crippen MR) is 92.0 cm³/mol. The van der Waals surface area contributed by atoms with Crippen LogP contribution in [0.25, 0.3) is 11.6 Å². The van der Waals surface area contributed by atoms with Gasteiger partial charge in [-0.25, -0.2) is 0 Å². The summed E-state index contributed by atoms with van der Waals surface area (Å²) in [6.45, 7) is 4.06. The first-order chi connectivity index (χ1) is 11.6. The van der Waals surface area contributed by atoms with E-state index in [0.29, 0.717) is 29.1 Å². The van der Waals surface area contributed by atoms with Crippen molar-refractivity contribution in [3.05, 3.63) is 53.2 Å². The Balaban J connectivity index is 1.90. The molecule has 3 rings (SSSR count). The topological polar surface area (TPSA) is 73.0 Å². The zero-order valence-electron chi connectivity index (χ0n) is 13.4. The SMILES string of the molecule is CC(C)C(=O)n1nc(-c2ccco2)nc1NCc1ccccc1Cl. The van der Waals surface area contributed by atoms with Gasteiger partial charge in [-0.1, -0.05) is 43.6 Å². The molecule has 0 saturated carbocycles. The molecule has 0 atom stereocenters. The molecule has 7 heteroatoms. The molecule has 0 aliphatic carbocycles. The first kappa shape index (κ1) is 16.3. The van der Waals surface area contributed by atoms with Crippen molar-refractivity contribution in [2.45, 2.75) is 20.4 Å². The Labute approximate surface area is 144 Å². The van der Waals surface area contributed by atoms with Gasteiger partial charge in [0.15, 0.2) is 5.76 Å². The molecule has 6 nitrogen and oxygen atoms in total. The third kappa shape index (κ3) is 3.33. The molecule has 0 aliphatic rings. The Morgan fingerprint density at radius 3 is 2.75 bits per heavy atom. The van der Waals surface area contributed by atoms with Crippen molar-refractivity contribution >= 4 is 23.5 Å². The molecule has 0 aliphatic heterocycles. The molecule has 24 heavy (non-hydrogen) atoms. The summed E-state index contributed by atoms with van der Waals surface area (Å²) in [5, 5.41) is 8.06. The second-order valence-electron chi connectivity index (χ2n) is 5.59. The minimum absolute atomic E-state index is 0.151. The summed E-state index contributed by atoms with van der Waals surface area (Å²) >= 11 is 6.16. The molecule has 2 aromatic heterocycles. The van der Waals surface area contributed by atoms with Crippen LogP contribution in [0.15, 0.2) is 47.1 Å². The van der Waals surface area contributed by atoms with Gasteiger partial charge in [-0.2, -0.15) is 9.67 Å². The fourth-order valence-electron chi connectivity index (χ4n) is 2.15. The number of carbonyl (C=O) groups excluding carboxylic acids is 1. The number of aromatic nitrogens is 3. The predicted octanol–water partition coefficient (Wildman–Crippen LogP) is 4.10. The maximum atomic E-state index is 12.4. The summed E-state index contributed by atoms with van der Waals surface area (Å²) in [5.41, 5.74) is 0.908. The molecular weight excluding hydrogens is 328 g/mol. The lowest BCUT2D eigenvalue weighted by molar-refractivity contribution is 0.0841. The molecule has 0 saturated heterocycles. The van der Waals surface area contributed by atoms with Crippen LogP contribution in [0.5, 0.6) is 0 Å². The Kier molecular flexibility index (Phi) is 4.66. The number of nitrogens with one attached hydrogen (secondary N) is 1. The lowest BCUT2D eigenvalue weighted by Gasteiger charge is -2.09. The van der Waals surface area contributed by atoms with Crippen molar-refractivity contribution in [1.82, 2.24) is 14.8 Å². The lowest BCUT2D eigenvalue weighted by Crippen LogP contribution is -2.21. The molecule has 1 aromatic carbocycles. The first-order valence-corrected chi connectivity index (χ1v) is 7.96. The third-order valence-corrected chi connectivity index (χ3v) is 3.81. The fraction of sp³-hybridized carbons (Fsp3) is 0.235. The van der Waals surface area contributed by atoms with E-state index in [-0.39, 0.29) is 11.8 Å². The van der Waals surface area contributed by atoms with Crippen LogP contribution in [0.4, 0.5) is 5.95 Å². The smallest absolute Gasteiger partial charge is 0.252 e. The highest BCUT2D eigenvalue weighted by atomic mass is 35.5. The maximum absolute atomic E-state index is 12.4. The van der Waals surface area contributed by atoms with Gasteiger partial charge in [0.05, 0.1) is 6.26 Å². The summed E-state index contributed by atoms with van der Waals surface area (Å²) in [6, 6.07) is 11.0. The molecule has 0 radical (unpaired) electrons. The summed E-state index contributed by atoms with van der Waals surface area (Å²) in [5.74, 6) is 0.862. The number of rotatable bonds is 5. The highest BCUT2D eigenvalue weighted by Crippen LogP contribution is 2.21. The van der Waals surface area contributed by atoms with E-state index in [1.807, 2.05) is 38.1 Å². The van der Waals surface area contributed by atoms with Crippen LogP contribution in [-0.4, -0.2) is 20.7 Å². The summed E-state index contributed by atoms with van der Waals surface area (Å²) in [6.07, 6.45) is 1.54. The molecule has 0 fully saturated rings. The van der Waals surface area contributed by atoms with E-state index in [1.165, 1.54) is 10.9 Å². The average molecular weight is 345 g/mol. The zero-order chi connectivity index (χ0) is 17.1. The maximum Gasteiger partial charge on any atom is 0.252 e. The first-order valence-electron chi connectivity index (χ1n) is 7.58. The van der Waals surface area contributed by atoms with Gasteiger partial charge in [0.2, 0.25) is 11.8 Å². The van der Waals surface area contributed by atoms with Gasteiger partial charge < -0.3 is 9.73 Å². The number of benzene rings is 1. The largest absolute Gasteiger partial charge is 0.461 e. The summed E-state index contributed by atoms with van der Waals surface area (Å²) < 4.78 is 6.59. The number of anilines is 1. The van der Waals surface area contributed by atoms with Crippen molar-refractivity contribution in [3.63, 3.8) is 0 Å². The minimum Gasteiger partial charge on any atom is -0.461 e. The van der Waals surface area contributed by atoms with Crippen molar-refractivity contribution in [3.8, 4) is 11.6 Å². The van der Waals surface area contributed by atoms with E-state index in [0.717, 1.165) is 5.56 Å². The van der Waals surface area contributed by atoms with Crippen LogP contribution in [0.2, 0.25) is 5.02 Å². The molecule has 0 bridgehead atoms. The van der Waals surface area contributed by atoms with Crippen molar-refractivity contribution in [2.24, 2.45) is 5.92 Å². The Hall–Kier alpha value is -2.60. The quantitative estimate of drug-likeness (QED) is 0.754. The van der Waals surface area contributed by atoms with Gasteiger partial charge >= 0.3 is 0 Å². The molecule has 0 amide bonds. The summed E-state index contributed by atoms with van der Waals surface area (Å²) in [4.78, 5) is 16.8. The van der Waals surface area contributed by atoms with Crippen LogP contribution < -0.4 is 5.32 Å². The van der Waals surface area contributed by atoms with E-state index in [1.54, 1.807) is 12.1 Å². The van der Waals surface area contributed by atoms with E-state index >= 15 is 0 Å². The number of nitrogens with zero attached hydrogens (tertiary/aromatic N) is 3. The van der Waals surface area contributed by atoms with Crippen LogP contribution in [0.1, 0.15) is 24.2 Å².